The highest BCUT2D eigenvalue weighted by Crippen LogP contribution is 2.24. The lowest BCUT2D eigenvalue weighted by Crippen LogP contribution is -2.15. The Morgan fingerprint density at radius 3 is 2.22 bits per heavy atom. The van der Waals surface area contributed by atoms with Crippen molar-refractivity contribution in [2.24, 2.45) is 0 Å². The van der Waals surface area contributed by atoms with Crippen LogP contribution in [0.25, 0.3) is 0 Å². The van der Waals surface area contributed by atoms with E-state index in [4.69, 9.17) is 11.6 Å². The molecule has 3 aromatic rings. The smallest absolute Gasteiger partial charge is 0.275 e. The van der Waals surface area contributed by atoms with Gasteiger partial charge in [-0.05, 0) is 56.2 Å². The molecule has 2 amide bonds. The van der Waals surface area contributed by atoms with Crippen molar-refractivity contribution in [1.29, 1.82) is 0 Å². The summed E-state index contributed by atoms with van der Waals surface area (Å²) in [5, 5.41) is 8.13. The van der Waals surface area contributed by atoms with Gasteiger partial charge >= 0.3 is 0 Å². The topological polar surface area (TPSA) is 71.1 Å². The van der Waals surface area contributed by atoms with Crippen molar-refractivity contribution in [1.82, 2.24) is 4.98 Å². The van der Waals surface area contributed by atoms with Crippen LogP contribution in [-0.4, -0.2) is 16.8 Å². The minimum atomic E-state index is -0.312. The molecule has 138 valence electrons. The lowest BCUT2D eigenvalue weighted by Gasteiger charge is -2.11. The van der Waals surface area contributed by atoms with E-state index < -0.39 is 0 Å². The maximum atomic E-state index is 12.5. The van der Waals surface area contributed by atoms with Crippen molar-refractivity contribution >= 4 is 45.6 Å². The fourth-order valence-electron chi connectivity index (χ4n) is 2.76. The number of benzene rings is 2. The zero-order chi connectivity index (χ0) is 19.6. The number of amides is 2. The van der Waals surface area contributed by atoms with Crippen LogP contribution in [0.1, 0.15) is 37.5 Å². The summed E-state index contributed by atoms with van der Waals surface area (Å²) >= 11 is 7.02. The number of anilines is 2. The summed E-state index contributed by atoms with van der Waals surface area (Å²) in [5.41, 5.74) is 4.63. The molecular formula is C20H18ClN3O2S. The Bertz CT molecular complexity index is 989. The van der Waals surface area contributed by atoms with Gasteiger partial charge in [-0.15, -0.1) is 11.3 Å². The van der Waals surface area contributed by atoms with Gasteiger partial charge in [0, 0.05) is 21.7 Å². The summed E-state index contributed by atoms with van der Waals surface area (Å²) < 4.78 is 0. The Morgan fingerprint density at radius 1 is 0.963 bits per heavy atom. The standard InChI is InChI=1S/C20H18ClN3O2S/c1-11-8-12(2)17(13(3)9-11)23-19(26)16-10-27-20(22-16)24-18(25)14-4-6-15(21)7-5-14/h4-10H,1-3H3,(H,23,26)(H,22,24,25). The maximum Gasteiger partial charge on any atom is 0.275 e. The number of carbonyl (C=O) groups excluding carboxylic acids is 2. The molecule has 0 fully saturated rings. The lowest BCUT2D eigenvalue weighted by molar-refractivity contribution is 0.101. The fourth-order valence-corrected chi connectivity index (χ4v) is 3.57. The maximum absolute atomic E-state index is 12.5. The number of halogens is 1. The molecule has 1 aromatic heterocycles. The first-order chi connectivity index (χ1) is 12.8. The first kappa shape index (κ1) is 19.1. The van der Waals surface area contributed by atoms with Crippen LogP contribution in [0.15, 0.2) is 41.8 Å². The number of hydrogen-bond acceptors (Lipinski definition) is 4. The molecule has 27 heavy (non-hydrogen) atoms. The van der Waals surface area contributed by atoms with Crippen molar-refractivity contribution in [3.63, 3.8) is 0 Å². The highest BCUT2D eigenvalue weighted by atomic mass is 35.5. The second-order valence-electron chi connectivity index (χ2n) is 6.23. The average Bonchev–Trinajstić information content (AvgIpc) is 3.07. The number of thiazole rings is 1. The molecule has 0 atom stereocenters. The molecular weight excluding hydrogens is 382 g/mol. The number of hydrogen-bond donors (Lipinski definition) is 2. The molecule has 0 aliphatic carbocycles. The molecule has 0 unspecified atom stereocenters. The molecule has 5 nitrogen and oxygen atoms in total. The van der Waals surface area contributed by atoms with Crippen LogP contribution >= 0.6 is 22.9 Å². The largest absolute Gasteiger partial charge is 0.320 e. The van der Waals surface area contributed by atoms with Crippen molar-refractivity contribution in [3.05, 3.63) is 74.7 Å². The molecule has 2 aromatic carbocycles. The predicted octanol–water partition coefficient (Wildman–Crippen LogP) is 5.23. The summed E-state index contributed by atoms with van der Waals surface area (Å²) in [6, 6.07) is 10.6. The van der Waals surface area contributed by atoms with Crippen molar-refractivity contribution in [2.75, 3.05) is 10.6 Å². The van der Waals surface area contributed by atoms with E-state index in [1.807, 2.05) is 32.9 Å². The van der Waals surface area contributed by atoms with Gasteiger partial charge in [0.15, 0.2) is 5.13 Å². The van der Waals surface area contributed by atoms with Crippen LogP contribution in [0.3, 0.4) is 0 Å². The predicted molar refractivity (Wildman–Crippen MR) is 110 cm³/mol. The molecule has 1 heterocycles. The van der Waals surface area contributed by atoms with Crippen molar-refractivity contribution < 1.29 is 9.59 Å². The van der Waals surface area contributed by atoms with Crippen LogP contribution in [-0.2, 0) is 0 Å². The van der Waals surface area contributed by atoms with E-state index in [-0.39, 0.29) is 17.5 Å². The molecule has 0 aliphatic rings. The normalized spacial score (nSPS) is 10.5. The van der Waals surface area contributed by atoms with Gasteiger partial charge in [0.1, 0.15) is 5.69 Å². The summed E-state index contributed by atoms with van der Waals surface area (Å²) in [6.07, 6.45) is 0. The SMILES string of the molecule is Cc1cc(C)c(NC(=O)c2csc(NC(=O)c3ccc(Cl)cc3)n2)c(C)c1. The van der Waals surface area contributed by atoms with Crippen LogP contribution < -0.4 is 10.6 Å². The molecule has 0 aliphatic heterocycles. The second-order valence-corrected chi connectivity index (χ2v) is 7.52. The Balaban J connectivity index is 1.71. The minimum absolute atomic E-state index is 0.255. The number of rotatable bonds is 4. The van der Waals surface area contributed by atoms with Gasteiger partial charge in [-0.25, -0.2) is 4.98 Å². The zero-order valence-corrected chi connectivity index (χ0v) is 16.7. The van der Waals surface area contributed by atoms with Crippen LogP contribution in [0.4, 0.5) is 10.8 Å². The van der Waals surface area contributed by atoms with Crippen molar-refractivity contribution in [2.45, 2.75) is 20.8 Å². The summed E-state index contributed by atoms with van der Waals surface area (Å²) in [5.74, 6) is -0.619. The van der Waals surface area contributed by atoms with Gasteiger partial charge in [0.05, 0.1) is 0 Å². The van der Waals surface area contributed by atoms with Gasteiger partial charge in [0.25, 0.3) is 11.8 Å². The number of carbonyl (C=O) groups is 2. The molecule has 0 saturated carbocycles. The van der Waals surface area contributed by atoms with E-state index in [1.165, 1.54) is 11.3 Å². The summed E-state index contributed by atoms with van der Waals surface area (Å²) in [4.78, 5) is 29.0. The van der Waals surface area contributed by atoms with Gasteiger partial charge in [0.2, 0.25) is 0 Å². The minimum Gasteiger partial charge on any atom is -0.320 e. The zero-order valence-electron chi connectivity index (χ0n) is 15.1. The van der Waals surface area contributed by atoms with E-state index in [0.717, 1.165) is 22.4 Å². The molecule has 0 saturated heterocycles. The fraction of sp³-hybridized carbons (Fsp3) is 0.150. The van der Waals surface area contributed by atoms with Gasteiger partial charge < -0.3 is 5.32 Å². The number of nitrogens with one attached hydrogen (secondary N) is 2. The lowest BCUT2D eigenvalue weighted by atomic mass is 10.1. The second kappa shape index (κ2) is 7.90. The van der Waals surface area contributed by atoms with Crippen molar-refractivity contribution in [3.8, 4) is 0 Å². The average molecular weight is 400 g/mol. The van der Waals surface area contributed by atoms with E-state index in [2.05, 4.69) is 15.6 Å². The number of aryl methyl sites for hydroxylation is 3. The van der Waals surface area contributed by atoms with Gasteiger partial charge in [-0.3, -0.25) is 14.9 Å². The quantitative estimate of drug-likeness (QED) is 0.631. The first-order valence-electron chi connectivity index (χ1n) is 8.25. The Labute approximate surface area is 166 Å². The molecule has 0 radical (unpaired) electrons. The number of nitrogens with zero attached hydrogens (tertiary/aromatic N) is 1. The highest BCUT2D eigenvalue weighted by molar-refractivity contribution is 7.14. The van der Waals surface area contributed by atoms with Crippen LogP contribution in [0, 0.1) is 20.8 Å². The van der Waals surface area contributed by atoms with Crippen LogP contribution in [0.2, 0.25) is 5.02 Å². The van der Waals surface area contributed by atoms with Gasteiger partial charge in [-0.1, -0.05) is 29.3 Å². The van der Waals surface area contributed by atoms with E-state index in [9.17, 15) is 9.59 Å². The third-order valence-electron chi connectivity index (χ3n) is 3.98. The number of aromatic nitrogens is 1. The van der Waals surface area contributed by atoms with E-state index in [0.29, 0.717) is 15.7 Å². The monoisotopic (exact) mass is 399 g/mol. The Morgan fingerprint density at radius 2 is 1.59 bits per heavy atom. The summed E-state index contributed by atoms with van der Waals surface area (Å²) in [6.45, 7) is 5.92. The van der Waals surface area contributed by atoms with Crippen LogP contribution in [0.5, 0.6) is 0 Å². The summed E-state index contributed by atoms with van der Waals surface area (Å²) in [7, 11) is 0. The third-order valence-corrected chi connectivity index (χ3v) is 4.99. The molecule has 0 spiro atoms. The molecule has 3 rings (SSSR count). The van der Waals surface area contributed by atoms with Gasteiger partial charge in [-0.2, -0.15) is 0 Å². The third kappa shape index (κ3) is 4.53. The molecule has 0 bridgehead atoms. The van der Waals surface area contributed by atoms with E-state index in [1.54, 1.807) is 29.6 Å². The Kier molecular flexibility index (Phi) is 5.58. The van der Waals surface area contributed by atoms with E-state index >= 15 is 0 Å². The highest BCUT2D eigenvalue weighted by Gasteiger charge is 2.15. The molecule has 2 N–H and O–H groups in total. The Hall–Kier alpha value is -2.70. The molecule has 7 heteroatoms. The first-order valence-corrected chi connectivity index (χ1v) is 9.51.